The second-order valence-corrected chi connectivity index (χ2v) is 6.08. The maximum atomic E-state index is 6.05. The van der Waals surface area contributed by atoms with Gasteiger partial charge in [0.2, 0.25) is 0 Å². The quantitative estimate of drug-likeness (QED) is 0.813. The summed E-state index contributed by atoms with van der Waals surface area (Å²) < 4.78 is 1.09. The summed E-state index contributed by atoms with van der Waals surface area (Å²) in [5, 5.41) is 1.16. The molecule has 2 aromatic rings. The van der Waals surface area contributed by atoms with Gasteiger partial charge in [-0.25, -0.2) is 0 Å². The van der Waals surface area contributed by atoms with Crippen molar-refractivity contribution in [2.24, 2.45) is 5.73 Å². The Balaban J connectivity index is 2.24. The molecule has 1 nitrogen and oxygen atoms in total. The highest BCUT2D eigenvalue weighted by Gasteiger charge is 2.14. The lowest BCUT2D eigenvalue weighted by molar-refractivity contribution is 0.691. The molecule has 0 spiro atoms. The van der Waals surface area contributed by atoms with Gasteiger partial charge in [-0.3, -0.25) is 0 Å². The molecule has 0 radical (unpaired) electrons. The van der Waals surface area contributed by atoms with E-state index in [0.29, 0.717) is 16.6 Å². The first kappa shape index (κ1) is 14.9. The van der Waals surface area contributed by atoms with E-state index in [2.05, 4.69) is 22.0 Å². The third-order valence-electron chi connectivity index (χ3n) is 3.10. The summed E-state index contributed by atoms with van der Waals surface area (Å²) in [5.74, 6) is 0.257. The molecule has 2 rings (SSSR count). The van der Waals surface area contributed by atoms with Crippen LogP contribution in [-0.4, -0.2) is 6.54 Å². The van der Waals surface area contributed by atoms with Crippen molar-refractivity contribution in [3.8, 4) is 0 Å². The summed E-state index contributed by atoms with van der Waals surface area (Å²) in [6.07, 6.45) is 0.843. The monoisotopic (exact) mass is 357 g/mol. The molecule has 0 saturated carbocycles. The van der Waals surface area contributed by atoms with Crippen LogP contribution in [-0.2, 0) is 6.42 Å². The molecular formula is C15H14BrCl2N. The van der Waals surface area contributed by atoms with Gasteiger partial charge in [0.05, 0.1) is 10.0 Å². The predicted molar refractivity (Wildman–Crippen MR) is 86.1 cm³/mol. The highest BCUT2D eigenvalue weighted by atomic mass is 79.9. The topological polar surface area (TPSA) is 26.0 Å². The fourth-order valence-electron chi connectivity index (χ4n) is 2.08. The van der Waals surface area contributed by atoms with Gasteiger partial charge >= 0.3 is 0 Å². The molecular weight excluding hydrogens is 345 g/mol. The Kier molecular flexibility index (Phi) is 5.28. The van der Waals surface area contributed by atoms with E-state index >= 15 is 0 Å². The Morgan fingerprint density at radius 1 is 1.05 bits per heavy atom. The minimum Gasteiger partial charge on any atom is -0.330 e. The Labute approximate surface area is 131 Å². The summed E-state index contributed by atoms with van der Waals surface area (Å²) in [6.45, 7) is 0.586. The molecule has 1 atom stereocenters. The predicted octanol–water partition coefficient (Wildman–Crippen LogP) is 5.04. The van der Waals surface area contributed by atoms with Crippen molar-refractivity contribution in [1.82, 2.24) is 0 Å². The molecule has 100 valence electrons. The van der Waals surface area contributed by atoms with Crippen molar-refractivity contribution < 1.29 is 0 Å². The standard InChI is InChI=1S/C15H14BrCl2N/c16-13-4-2-1-3-12(13)11(9-19)7-10-5-6-14(17)15(18)8-10/h1-6,8,11H,7,9,19H2. The lowest BCUT2D eigenvalue weighted by Crippen LogP contribution is -2.15. The van der Waals surface area contributed by atoms with E-state index in [1.165, 1.54) is 5.56 Å². The highest BCUT2D eigenvalue weighted by molar-refractivity contribution is 9.10. The average Bonchev–Trinajstić information content (AvgIpc) is 2.41. The molecule has 0 aromatic heterocycles. The third-order valence-corrected chi connectivity index (χ3v) is 4.56. The van der Waals surface area contributed by atoms with Crippen LogP contribution >= 0.6 is 39.1 Å². The van der Waals surface area contributed by atoms with E-state index in [1.807, 2.05) is 36.4 Å². The van der Waals surface area contributed by atoms with Crippen LogP contribution in [0.3, 0.4) is 0 Å². The molecule has 1 unspecified atom stereocenters. The maximum Gasteiger partial charge on any atom is 0.0595 e. The maximum absolute atomic E-state index is 6.05. The Bertz CT molecular complexity index is 572. The van der Waals surface area contributed by atoms with E-state index in [4.69, 9.17) is 28.9 Å². The largest absolute Gasteiger partial charge is 0.330 e. The number of hydrogen-bond acceptors (Lipinski definition) is 1. The molecule has 0 aliphatic carbocycles. The molecule has 0 heterocycles. The van der Waals surface area contributed by atoms with Gasteiger partial charge in [0.1, 0.15) is 0 Å². The minimum absolute atomic E-state index is 0.257. The van der Waals surface area contributed by atoms with Crippen LogP contribution in [0.1, 0.15) is 17.0 Å². The number of halogens is 3. The summed E-state index contributed by atoms with van der Waals surface area (Å²) in [5.41, 5.74) is 8.27. The van der Waals surface area contributed by atoms with Crippen LogP contribution in [0.15, 0.2) is 46.9 Å². The summed E-state index contributed by atoms with van der Waals surface area (Å²) in [6, 6.07) is 13.9. The zero-order valence-electron chi connectivity index (χ0n) is 10.2. The Morgan fingerprint density at radius 2 is 1.79 bits per heavy atom. The van der Waals surface area contributed by atoms with Crippen molar-refractivity contribution >= 4 is 39.1 Å². The second kappa shape index (κ2) is 6.76. The van der Waals surface area contributed by atoms with Crippen LogP contribution < -0.4 is 5.73 Å². The molecule has 2 N–H and O–H groups in total. The van der Waals surface area contributed by atoms with Gasteiger partial charge in [-0.15, -0.1) is 0 Å². The first-order valence-electron chi connectivity index (χ1n) is 6.00. The number of hydrogen-bond donors (Lipinski definition) is 1. The SMILES string of the molecule is NCC(Cc1ccc(Cl)c(Cl)c1)c1ccccc1Br. The fraction of sp³-hybridized carbons (Fsp3) is 0.200. The van der Waals surface area contributed by atoms with Crippen molar-refractivity contribution in [2.45, 2.75) is 12.3 Å². The molecule has 19 heavy (non-hydrogen) atoms. The zero-order chi connectivity index (χ0) is 13.8. The number of rotatable bonds is 4. The van der Waals surface area contributed by atoms with Gasteiger partial charge in [0, 0.05) is 10.4 Å². The lowest BCUT2D eigenvalue weighted by Gasteiger charge is -2.17. The third kappa shape index (κ3) is 3.73. The van der Waals surface area contributed by atoms with Gasteiger partial charge in [0.15, 0.2) is 0 Å². The lowest BCUT2D eigenvalue weighted by atomic mass is 9.92. The number of nitrogens with two attached hydrogens (primary N) is 1. The Morgan fingerprint density at radius 3 is 2.42 bits per heavy atom. The van der Waals surface area contributed by atoms with Crippen LogP contribution in [0.2, 0.25) is 10.0 Å². The summed E-state index contributed by atoms with van der Waals surface area (Å²) in [4.78, 5) is 0. The van der Waals surface area contributed by atoms with Crippen molar-refractivity contribution in [1.29, 1.82) is 0 Å². The van der Waals surface area contributed by atoms with Gasteiger partial charge in [-0.2, -0.15) is 0 Å². The molecule has 0 amide bonds. The number of benzene rings is 2. The molecule has 0 saturated heterocycles. The van der Waals surface area contributed by atoms with E-state index in [1.54, 1.807) is 0 Å². The fourth-order valence-corrected chi connectivity index (χ4v) is 3.01. The van der Waals surface area contributed by atoms with Crippen molar-refractivity contribution in [2.75, 3.05) is 6.54 Å². The van der Waals surface area contributed by atoms with Crippen LogP contribution in [0, 0.1) is 0 Å². The van der Waals surface area contributed by atoms with E-state index in [-0.39, 0.29) is 5.92 Å². The van der Waals surface area contributed by atoms with E-state index in [9.17, 15) is 0 Å². The van der Waals surface area contributed by atoms with E-state index < -0.39 is 0 Å². The second-order valence-electron chi connectivity index (χ2n) is 4.41. The van der Waals surface area contributed by atoms with Gasteiger partial charge in [0.25, 0.3) is 0 Å². The summed E-state index contributed by atoms with van der Waals surface area (Å²) in [7, 11) is 0. The molecule has 0 aliphatic heterocycles. The first-order chi connectivity index (χ1) is 9.11. The normalized spacial score (nSPS) is 12.4. The molecule has 0 bridgehead atoms. The van der Waals surface area contributed by atoms with Crippen molar-refractivity contribution in [3.05, 3.63) is 68.1 Å². The Hall–Kier alpha value is -0.540. The van der Waals surface area contributed by atoms with Crippen LogP contribution in [0.4, 0.5) is 0 Å². The summed E-state index contributed by atoms with van der Waals surface area (Å²) >= 11 is 15.5. The highest BCUT2D eigenvalue weighted by Crippen LogP contribution is 2.29. The van der Waals surface area contributed by atoms with Crippen LogP contribution in [0.5, 0.6) is 0 Å². The molecule has 4 heteroatoms. The van der Waals surface area contributed by atoms with Crippen LogP contribution in [0.25, 0.3) is 0 Å². The van der Waals surface area contributed by atoms with Gasteiger partial charge in [-0.05, 0) is 42.3 Å². The van der Waals surface area contributed by atoms with Gasteiger partial charge < -0.3 is 5.73 Å². The zero-order valence-corrected chi connectivity index (χ0v) is 13.3. The smallest absolute Gasteiger partial charge is 0.0595 e. The molecule has 0 fully saturated rings. The van der Waals surface area contributed by atoms with E-state index in [0.717, 1.165) is 16.5 Å². The first-order valence-corrected chi connectivity index (χ1v) is 7.55. The average molecular weight is 359 g/mol. The van der Waals surface area contributed by atoms with Crippen molar-refractivity contribution in [3.63, 3.8) is 0 Å². The minimum atomic E-state index is 0.257. The van der Waals surface area contributed by atoms with Gasteiger partial charge in [-0.1, -0.05) is 63.4 Å². The molecule has 0 aliphatic rings. The molecule has 2 aromatic carbocycles.